The van der Waals surface area contributed by atoms with Crippen molar-refractivity contribution in [3.63, 3.8) is 0 Å². The summed E-state index contributed by atoms with van der Waals surface area (Å²) in [7, 11) is 0. The van der Waals surface area contributed by atoms with Crippen molar-refractivity contribution in [3.8, 4) is 0 Å². The van der Waals surface area contributed by atoms with Crippen molar-refractivity contribution in [2.75, 3.05) is 0 Å². The van der Waals surface area contributed by atoms with Gasteiger partial charge in [0.15, 0.2) is 5.78 Å². The fourth-order valence-corrected chi connectivity index (χ4v) is 1.91. The van der Waals surface area contributed by atoms with Crippen molar-refractivity contribution in [2.45, 2.75) is 52.0 Å². The lowest BCUT2D eigenvalue weighted by molar-refractivity contribution is -0.117. The number of nitrogens with two attached hydrogens (primary N) is 1. The summed E-state index contributed by atoms with van der Waals surface area (Å²) in [5.74, 6) is 0.677. The van der Waals surface area contributed by atoms with Crippen LogP contribution in [0.25, 0.3) is 0 Å². The smallest absolute Gasteiger partial charge is 0.175 e. The molecule has 1 aliphatic carbocycles. The van der Waals surface area contributed by atoms with E-state index in [-0.39, 0.29) is 11.8 Å². The molecule has 0 radical (unpaired) electrons. The molecule has 1 rings (SSSR count). The summed E-state index contributed by atoms with van der Waals surface area (Å²) in [5, 5.41) is 0. The fourth-order valence-electron chi connectivity index (χ4n) is 1.91. The van der Waals surface area contributed by atoms with Gasteiger partial charge in [-0.3, -0.25) is 4.79 Å². The molecule has 0 saturated heterocycles. The molecule has 0 spiro atoms. The molecule has 0 aromatic heterocycles. The maximum absolute atomic E-state index is 11.8. The minimum atomic E-state index is -0.278. The van der Waals surface area contributed by atoms with Gasteiger partial charge in [-0.1, -0.05) is 19.9 Å². The maximum Gasteiger partial charge on any atom is 0.175 e. The van der Waals surface area contributed by atoms with Crippen LogP contribution < -0.4 is 5.73 Å². The second-order valence-electron chi connectivity index (χ2n) is 4.58. The highest BCUT2D eigenvalue weighted by atomic mass is 16.1. The third kappa shape index (κ3) is 3.26. The molecule has 1 unspecified atom stereocenters. The lowest BCUT2D eigenvalue weighted by atomic mass is 9.90. The van der Waals surface area contributed by atoms with E-state index in [9.17, 15) is 4.79 Å². The highest BCUT2D eigenvalue weighted by Crippen LogP contribution is 2.20. The molecule has 0 aromatic carbocycles. The summed E-state index contributed by atoms with van der Waals surface area (Å²) in [5.41, 5.74) is 6.83. The third-order valence-electron chi connectivity index (χ3n) is 2.67. The van der Waals surface area contributed by atoms with Crippen LogP contribution in [0.5, 0.6) is 0 Å². The average Bonchev–Trinajstić information content (AvgIpc) is 2.17. The standard InChI is InChI=1S/C12H21NO/c1-9(2)8-11(13)12(14)10-6-4-3-5-7-10/h6,9,11H,3-5,7-8,13H2,1-2H3. The van der Waals surface area contributed by atoms with Gasteiger partial charge in [-0.15, -0.1) is 0 Å². The zero-order valence-corrected chi connectivity index (χ0v) is 9.25. The number of allylic oxidation sites excluding steroid dienone is 1. The molecule has 80 valence electrons. The van der Waals surface area contributed by atoms with Crippen LogP contribution in [0.1, 0.15) is 46.0 Å². The Labute approximate surface area is 86.6 Å². The van der Waals surface area contributed by atoms with E-state index in [4.69, 9.17) is 5.73 Å². The monoisotopic (exact) mass is 195 g/mol. The molecule has 0 amide bonds. The minimum Gasteiger partial charge on any atom is -0.321 e. The summed E-state index contributed by atoms with van der Waals surface area (Å²) in [6.07, 6.45) is 7.23. The Morgan fingerprint density at radius 2 is 2.21 bits per heavy atom. The number of hydrogen-bond acceptors (Lipinski definition) is 2. The number of rotatable bonds is 4. The predicted molar refractivity (Wildman–Crippen MR) is 59.0 cm³/mol. The maximum atomic E-state index is 11.8. The predicted octanol–water partition coefficient (Wildman–Crippen LogP) is 2.43. The van der Waals surface area contributed by atoms with Gasteiger partial charge in [0.1, 0.15) is 0 Å². The number of carbonyl (C=O) groups is 1. The first-order valence-corrected chi connectivity index (χ1v) is 5.60. The van der Waals surface area contributed by atoms with E-state index in [0.29, 0.717) is 5.92 Å². The van der Waals surface area contributed by atoms with Crippen LogP contribution in [0.4, 0.5) is 0 Å². The van der Waals surface area contributed by atoms with E-state index >= 15 is 0 Å². The Morgan fingerprint density at radius 1 is 1.50 bits per heavy atom. The van der Waals surface area contributed by atoms with E-state index in [1.165, 1.54) is 6.42 Å². The summed E-state index contributed by atoms with van der Waals surface area (Å²) < 4.78 is 0. The van der Waals surface area contributed by atoms with Gasteiger partial charge in [-0.2, -0.15) is 0 Å². The first kappa shape index (κ1) is 11.4. The third-order valence-corrected chi connectivity index (χ3v) is 2.67. The Morgan fingerprint density at radius 3 is 2.71 bits per heavy atom. The van der Waals surface area contributed by atoms with E-state index in [2.05, 4.69) is 19.9 Å². The van der Waals surface area contributed by atoms with E-state index < -0.39 is 0 Å². The first-order chi connectivity index (χ1) is 6.61. The topological polar surface area (TPSA) is 43.1 Å². The van der Waals surface area contributed by atoms with Crippen molar-refractivity contribution in [3.05, 3.63) is 11.6 Å². The lowest BCUT2D eigenvalue weighted by Crippen LogP contribution is -2.33. The van der Waals surface area contributed by atoms with Crippen LogP contribution in [0, 0.1) is 5.92 Å². The molecule has 0 saturated carbocycles. The van der Waals surface area contributed by atoms with Crippen molar-refractivity contribution in [2.24, 2.45) is 11.7 Å². The highest BCUT2D eigenvalue weighted by Gasteiger charge is 2.19. The van der Waals surface area contributed by atoms with Gasteiger partial charge in [0.25, 0.3) is 0 Å². The van der Waals surface area contributed by atoms with Crippen molar-refractivity contribution in [1.82, 2.24) is 0 Å². The highest BCUT2D eigenvalue weighted by molar-refractivity contribution is 5.99. The van der Waals surface area contributed by atoms with Gasteiger partial charge < -0.3 is 5.73 Å². The van der Waals surface area contributed by atoms with Gasteiger partial charge >= 0.3 is 0 Å². The summed E-state index contributed by atoms with van der Waals surface area (Å²) in [4.78, 5) is 11.8. The van der Waals surface area contributed by atoms with Crippen LogP contribution in [0.15, 0.2) is 11.6 Å². The van der Waals surface area contributed by atoms with Crippen LogP contribution >= 0.6 is 0 Å². The Hall–Kier alpha value is -0.630. The number of hydrogen-bond donors (Lipinski definition) is 1. The zero-order chi connectivity index (χ0) is 10.6. The SMILES string of the molecule is CC(C)CC(N)C(=O)C1=CCCCC1. The number of Topliss-reactive ketones (excluding diaryl/α,β-unsaturated/α-hetero) is 1. The lowest BCUT2D eigenvalue weighted by Gasteiger charge is -2.17. The van der Waals surface area contributed by atoms with Gasteiger partial charge in [-0.05, 0) is 43.6 Å². The quantitative estimate of drug-likeness (QED) is 0.748. The summed E-state index contributed by atoms with van der Waals surface area (Å²) in [6.45, 7) is 4.20. The first-order valence-electron chi connectivity index (χ1n) is 5.60. The molecule has 1 aliphatic rings. The van der Waals surface area contributed by atoms with Crippen molar-refractivity contribution >= 4 is 5.78 Å². The largest absolute Gasteiger partial charge is 0.321 e. The van der Waals surface area contributed by atoms with Crippen molar-refractivity contribution in [1.29, 1.82) is 0 Å². The zero-order valence-electron chi connectivity index (χ0n) is 9.25. The van der Waals surface area contributed by atoms with Crippen LogP contribution in [-0.4, -0.2) is 11.8 Å². The normalized spacial score (nSPS) is 19.3. The van der Waals surface area contributed by atoms with Crippen LogP contribution in [0.3, 0.4) is 0 Å². The molecule has 0 heterocycles. The molecular formula is C12H21NO. The van der Waals surface area contributed by atoms with Crippen LogP contribution in [0.2, 0.25) is 0 Å². The van der Waals surface area contributed by atoms with Gasteiger partial charge in [-0.25, -0.2) is 0 Å². The second-order valence-corrected chi connectivity index (χ2v) is 4.58. The minimum absolute atomic E-state index is 0.179. The molecule has 2 heteroatoms. The summed E-state index contributed by atoms with van der Waals surface area (Å²) in [6, 6.07) is -0.278. The Kier molecular flexibility index (Phi) is 4.33. The molecule has 0 aromatic rings. The molecule has 2 nitrogen and oxygen atoms in total. The molecular weight excluding hydrogens is 174 g/mol. The number of ketones is 1. The van der Waals surface area contributed by atoms with E-state index in [1.807, 2.05) is 0 Å². The fraction of sp³-hybridized carbons (Fsp3) is 0.750. The average molecular weight is 195 g/mol. The molecule has 14 heavy (non-hydrogen) atoms. The van der Waals surface area contributed by atoms with Gasteiger partial charge in [0.05, 0.1) is 6.04 Å². The van der Waals surface area contributed by atoms with Crippen molar-refractivity contribution < 1.29 is 4.79 Å². The Bertz CT molecular complexity index is 230. The molecule has 1 atom stereocenters. The van der Waals surface area contributed by atoms with Gasteiger partial charge in [0, 0.05) is 0 Å². The molecule has 0 bridgehead atoms. The summed E-state index contributed by atoms with van der Waals surface area (Å²) >= 11 is 0. The van der Waals surface area contributed by atoms with E-state index in [0.717, 1.165) is 31.3 Å². The van der Waals surface area contributed by atoms with Crippen LogP contribution in [-0.2, 0) is 4.79 Å². The Balaban J connectivity index is 2.50. The second kappa shape index (κ2) is 5.30. The molecule has 0 fully saturated rings. The molecule has 2 N–H and O–H groups in total. The van der Waals surface area contributed by atoms with E-state index in [1.54, 1.807) is 0 Å². The number of carbonyl (C=O) groups excluding carboxylic acids is 1. The molecule has 0 aliphatic heterocycles. The van der Waals surface area contributed by atoms with Gasteiger partial charge in [0.2, 0.25) is 0 Å².